The van der Waals surface area contributed by atoms with Gasteiger partial charge in [-0.3, -0.25) is 4.79 Å². The van der Waals surface area contributed by atoms with Gasteiger partial charge in [-0.15, -0.1) is 0 Å². The standard InChI is InChI=1S/C20H21ClF3N3O2/c1-12(2)10-25-18(28)16-7-6-15(9-17(16)21)27-19(29)26-11-13-4-3-5-14(8-13)20(22,23)24/h3-9,12H,10-11H2,1-2H3,(H,25,28)(H2,26,27,29). The summed E-state index contributed by atoms with van der Waals surface area (Å²) in [7, 11) is 0. The van der Waals surface area contributed by atoms with Gasteiger partial charge in [-0.2, -0.15) is 13.2 Å². The van der Waals surface area contributed by atoms with E-state index in [1.54, 1.807) is 0 Å². The van der Waals surface area contributed by atoms with Crippen LogP contribution in [0.3, 0.4) is 0 Å². The molecule has 2 rings (SSSR count). The lowest BCUT2D eigenvalue weighted by Gasteiger charge is -2.12. The summed E-state index contributed by atoms with van der Waals surface area (Å²) in [5, 5.41) is 7.92. The summed E-state index contributed by atoms with van der Waals surface area (Å²) >= 11 is 6.12. The molecule has 0 aliphatic carbocycles. The zero-order valence-electron chi connectivity index (χ0n) is 15.9. The van der Waals surface area contributed by atoms with Crippen molar-refractivity contribution in [3.05, 3.63) is 64.2 Å². The number of hydrogen-bond donors (Lipinski definition) is 3. The first-order valence-electron chi connectivity index (χ1n) is 8.85. The maximum atomic E-state index is 12.7. The van der Waals surface area contributed by atoms with Gasteiger partial charge in [-0.25, -0.2) is 4.79 Å². The first-order chi connectivity index (χ1) is 13.6. The first-order valence-corrected chi connectivity index (χ1v) is 9.23. The molecule has 5 nitrogen and oxygen atoms in total. The summed E-state index contributed by atoms with van der Waals surface area (Å²) < 4.78 is 38.2. The largest absolute Gasteiger partial charge is 0.416 e. The van der Waals surface area contributed by atoms with E-state index < -0.39 is 17.8 Å². The van der Waals surface area contributed by atoms with Crippen LogP contribution in [0.5, 0.6) is 0 Å². The molecule has 0 radical (unpaired) electrons. The highest BCUT2D eigenvalue weighted by molar-refractivity contribution is 6.34. The predicted octanol–water partition coefficient (Wildman–Crippen LogP) is 5.07. The van der Waals surface area contributed by atoms with Crippen LogP contribution in [0.25, 0.3) is 0 Å². The van der Waals surface area contributed by atoms with Crippen molar-refractivity contribution >= 4 is 29.2 Å². The van der Waals surface area contributed by atoms with Crippen LogP contribution in [0.1, 0.15) is 35.3 Å². The van der Waals surface area contributed by atoms with E-state index >= 15 is 0 Å². The number of halogens is 4. The van der Waals surface area contributed by atoms with Crippen LogP contribution in [0.15, 0.2) is 42.5 Å². The SMILES string of the molecule is CC(C)CNC(=O)c1ccc(NC(=O)NCc2cccc(C(F)(F)F)c2)cc1Cl. The Balaban J connectivity index is 1.94. The molecule has 0 unspecified atom stereocenters. The number of rotatable bonds is 6. The molecule has 0 bridgehead atoms. The van der Waals surface area contributed by atoms with Crippen molar-refractivity contribution in [1.29, 1.82) is 0 Å². The van der Waals surface area contributed by atoms with Gasteiger partial charge >= 0.3 is 12.2 Å². The van der Waals surface area contributed by atoms with Gasteiger partial charge < -0.3 is 16.0 Å². The molecule has 29 heavy (non-hydrogen) atoms. The zero-order chi connectivity index (χ0) is 21.6. The molecule has 0 fully saturated rings. The number of amides is 3. The van der Waals surface area contributed by atoms with Gasteiger partial charge in [0.25, 0.3) is 5.91 Å². The molecule has 3 N–H and O–H groups in total. The van der Waals surface area contributed by atoms with Crippen LogP contribution in [0.4, 0.5) is 23.7 Å². The number of anilines is 1. The maximum Gasteiger partial charge on any atom is 0.416 e. The van der Waals surface area contributed by atoms with E-state index in [2.05, 4.69) is 16.0 Å². The monoisotopic (exact) mass is 427 g/mol. The number of urea groups is 1. The van der Waals surface area contributed by atoms with Crippen LogP contribution >= 0.6 is 11.6 Å². The quantitative estimate of drug-likeness (QED) is 0.602. The number of benzene rings is 2. The van der Waals surface area contributed by atoms with Crippen molar-refractivity contribution < 1.29 is 22.8 Å². The highest BCUT2D eigenvalue weighted by Crippen LogP contribution is 2.29. The Bertz CT molecular complexity index is 886. The minimum atomic E-state index is -4.45. The van der Waals surface area contributed by atoms with Crippen LogP contribution in [-0.2, 0) is 12.7 Å². The summed E-state index contributed by atoms with van der Waals surface area (Å²) in [6.45, 7) is 4.35. The molecule has 2 aromatic carbocycles. The molecule has 0 aliphatic rings. The number of nitrogens with one attached hydrogen (secondary N) is 3. The molecule has 0 aliphatic heterocycles. The Kier molecular flexibility index (Phi) is 7.50. The number of carbonyl (C=O) groups is 2. The highest BCUT2D eigenvalue weighted by atomic mass is 35.5. The highest BCUT2D eigenvalue weighted by Gasteiger charge is 2.30. The molecule has 2 aromatic rings. The first kappa shape index (κ1) is 22.5. The normalized spacial score (nSPS) is 11.3. The molecule has 0 saturated carbocycles. The molecule has 3 amide bonds. The van der Waals surface area contributed by atoms with E-state index in [0.29, 0.717) is 23.7 Å². The Morgan fingerprint density at radius 3 is 2.41 bits per heavy atom. The Morgan fingerprint density at radius 1 is 1.07 bits per heavy atom. The number of alkyl halides is 3. The van der Waals surface area contributed by atoms with Crippen LogP contribution in [-0.4, -0.2) is 18.5 Å². The lowest BCUT2D eigenvalue weighted by atomic mass is 10.1. The molecular formula is C20H21ClF3N3O2. The van der Waals surface area contributed by atoms with E-state index in [1.807, 2.05) is 13.8 Å². The van der Waals surface area contributed by atoms with E-state index in [4.69, 9.17) is 11.6 Å². The summed E-state index contributed by atoms with van der Waals surface area (Å²) in [5.74, 6) is -0.0246. The Hall–Kier alpha value is -2.74. The topological polar surface area (TPSA) is 70.2 Å². The fraction of sp³-hybridized carbons (Fsp3) is 0.300. The summed E-state index contributed by atoms with van der Waals surface area (Å²) in [6, 6.07) is 8.51. The van der Waals surface area contributed by atoms with Crippen molar-refractivity contribution in [2.45, 2.75) is 26.6 Å². The van der Waals surface area contributed by atoms with Gasteiger partial charge in [0.05, 0.1) is 16.1 Å². The average Bonchev–Trinajstić information content (AvgIpc) is 2.64. The summed E-state index contributed by atoms with van der Waals surface area (Å²) in [5.41, 5.74) is 0.152. The van der Waals surface area contributed by atoms with Crippen molar-refractivity contribution in [2.24, 2.45) is 5.92 Å². The van der Waals surface area contributed by atoms with Gasteiger partial charge in [0.1, 0.15) is 0 Å². The third-order valence-electron chi connectivity index (χ3n) is 3.85. The maximum absolute atomic E-state index is 12.7. The Labute approximate surface area is 171 Å². The Morgan fingerprint density at radius 2 is 1.79 bits per heavy atom. The second kappa shape index (κ2) is 9.65. The zero-order valence-corrected chi connectivity index (χ0v) is 16.6. The van der Waals surface area contributed by atoms with E-state index in [0.717, 1.165) is 12.1 Å². The van der Waals surface area contributed by atoms with Gasteiger partial charge in [0.15, 0.2) is 0 Å². The van der Waals surface area contributed by atoms with E-state index in [9.17, 15) is 22.8 Å². The molecule has 0 saturated heterocycles. The van der Waals surface area contributed by atoms with Crippen LogP contribution in [0.2, 0.25) is 5.02 Å². The van der Waals surface area contributed by atoms with Gasteiger partial charge in [-0.1, -0.05) is 37.6 Å². The summed E-state index contributed by atoms with van der Waals surface area (Å²) in [4.78, 5) is 24.1. The molecule has 9 heteroatoms. The van der Waals surface area contributed by atoms with Crippen molar-refractivity contribution in [2.75, 3.05) is 11.9 Å². The average molecular weight is 428 g/mol. The second-order valence-electron chi connectivity index (χ2n) is 6.80. The van der Waals surface area contributed by atoms with E-state index in [1.165, 1.54) is 30.3 Å². The molecular weight excluding hydrogens is 407 g/mol. The van der Waals surface area contributed by atoms with Crippen LogP contribution in [0, 0.1) is 5.92 Å². The fourth-order valence-electron chi connectivity index (χ4n) is 2.38. The second-order valence-corrected chi connectivity index (χ2v) is 7.21. The lowest BCUT2D eigenvalue weighted by Crippen LogP contribution is -2.29. The van der Waals surface area contributed by atoms with Crippen LogP contribution < -0.4 is 16.0 Å². The van der Waals surface area contributed by atoms with Crippen molar-refractivity contribution in [3.8, 4) is 0 Å². The number of hydrogen-bond acceptors (Lipinski definition) is 2. The third-order valence-corrected chi connectivity index (χ3v) is 4.16. The molecule has 0 heterocycles. The van der Waals surface area contributed by atoms with Crippen molar-refractivity contribution in [3.63, 3.8) is 0 Å². The minimum Gasteiger partial charge on any atom is -0.352 e. The fourth-order valence-corrected chi connectivity index (χ4v) is 2.65. The molecule has 0 atom stereocenters. The molecule has 0 spiro atoms. The minimum absolute atomic E-state index is 0.0841. The number of carbonyl (C=O) groups excluding carboxylic acids is 2. The third kappa shape index (κ3) is 6.98. The predicted molar refractivity (Wildman–Crippen MR) is 106 cm³/mol. The smallest absolute Gasteiger partial charge is 0.352 e. The van der Waals surface area contributed by atoms with E-state index in [-0.39, 0.29) is 23.0 Å². The summed E-state index contributed by atoms with van der Waals surface area (Å²) in [6.07, 6.45) is -4.45. The molecule has 156 valence electrons. The van der Waals surface area contributed by atoms with Gasteiger partial charge in [-0.05, 0) is 41.8 Å². The van der Waals surface area contributed by atoms with Gasteiger partial charge in [0, 0.05) is 18.8 Å². The lowest BCUT2D eigenvalue weighted by molar-refractivity contribution is -0.137. The van der Waals surface area contributed by atoms with Gasteiger partial charge in [0.2, 0.25) is 0 Å². The molecule has 0 aromatic heterocycles. The van der Waals surface area contributed by atoms with Crippen molar-refractivity contribution in [1.82, 2.24) is 10.6 Å².